The summed E-state index contributed by atoms with van der Waals surface area (Å²) in [7, 11) is 1.38. The van der Waals surface area contributed by atoms with Gasteiger partial charge in [-0.25, -0.2) is 0 Å². The molecule has 1 aliphatic rings. The molecule has 0 radical (unpaired) electrons. The maximum Gasteiger partial charge on any atom is 0.417 e. The third-order valence-electron chi connectivity index (χ3n) is 5.88. The lowest BCUT2D eigenvalue weighted by Crippen LogP contribution is -2.44. The Bertz CT molecular complexity index is 1450. The molecular weight excluding hydrogens is 479 g/mol. The summed E-state index contributed by atoms with van der Waals surface area (Å²) in [6.45, 7) is 5.12. The molecule has 0 aliphatic carbocycles. The number of alkyl halides is 3. The fourth-order valence-corrected chi connectivity index (χ4v) is 4.65. The number of hydrogen-bond donors (Lipinski definition) is 1. The zero-order chi connectivity index (χ0) is 25.7. The van der Waals surface area contributed by atoms with E-state index in [4.69, 9.17) is 12.2 Å². The topological polar surface area (TPSA) is 81.7 Å². The van der Waals surface area contributed by atoms with Crippen LogP contribution < -0.4 is 15.4 Å². The van der Waals surface area contributed by atoms with Crippen LogP contribution in [0.2, 0.25) is 0 Å². The summed E-state index contributed by atoms with van der Waals surface area (Å²) in [5.41, 5.74) is -1.68. The van der Waals surface area contributed by atoms with Gasteiger partial charge in [0.25, 0.3) is 11.5 Å². The van der Waals surface area contributed by atoms with Crippen LogP contribution in [0.25, 0.3) is 10.9 Å². The molecule has 35 heavy (non-hydrogen) atoms. The minimum Gasteiger partial charge on any atom is -0.343 e. The number of hydrogen-bond acceptors (Lipinski definition) is 5. The molecule has 1 aliphatic heterocycles. The smallest absolute Gasteiger partial charge is 0.343 e. The molecule has 1 N–H and O–H groups in total. The van der Waals surface area contributed by atoms with E-state index in [2.05, 4.69) is 15.0 Å². The average Bonchev–Trinajstić information content (AvgIpc) is 2.97. The van der Waals surface area contributed by atoms with Gasteiger partial charge in [-0.15, -0.1) is 0 Å². The summed E-state index contributed by atoms with van der Waals surface area (Å²) in [5, 5.41) is 0.311. The molecule has 2 aromatic carbocycles. The molecule has 0 atom stereocenters. The predicted molar refractivity (Wildman–Crippen MR) is 133 cm³/mol. The molecule has 1 fully saturated rings. The van der Waals surface area contributed by atoms with E-state index in [-0.39, 0.29) is 16.4 Å². The molecule has 1 saturated heterocycles. The Morgan fingerprint density at radius 1 is 1.14 bits per heavy atom. The van der Waals surface area contributed by atoms with Crippen molar-refractivity contribution in [3.8, 4) is 0 Å². The number of carbonyl (C=O) groups is 1. The zero-order valence-corrected chi connectivity index (χ0v) is 20.2. The number of thiocarbonyl (C=S) groups is 1. The molecule has 182 valence electrons. The third-order valence-corrected chi connectivity index (χ3v) is 6.24. The van der Waals surface area contributed by atoms with E-state index in [1.165, 1.54) is 24.1 Å². The van der Waals surface area contributed by atoms with Gasteiger partial charge in [-0.2, -0.15) is 18.2 Å². The van der Waals surface area contributed by atoms with Crippen molar-refractivity contribution in [1.29, 1.82) is 0 Å². The van der Waals surface area contributed by atoms with E-state index < -0.39 is 28.7 Å². The monoisotopic (exact) mass is 501 g/mol. The van der Waals surface area contributed by atoms with Crippen molar-refractivity contribution in [3.05, 3.63) is 63.7 Å². The molecule has 3 aromatic rings. The van der Waals surface area contributed by atoms with E-state index >= 15 is 0 Å². The summed E-state index contributed by atoms with van der Waals surface area (Å²) < 4.78 is 41.2. The molecule has 0 bridgehead atoms. The first-order chi connectivity index (χ1) is 16.4. The Labute approximate surface area is 204 Å². The van der Waals surface area contributed by atoms with Crippen LogP contribution in [-0.2, 0) is 17.4 Å². The van der Waals surface area contributed by atoms with Gasteiger partial charge >= 0.3 is 6.18 Å². The third kappa shape index (κ3) is 4.09. The largest absolute Gasteiger partial charge is 0.417 e. The highest BCUT2D eigenvalue weighted by Crippen LogP contribution is 2.39. The van der Waals surface area contributed by atoms with Gasteiger partial charge in [-0.1, -0.05) is 13.0 Å². The van der Waals surface area contributed by atoms with Gasteiger partial charge in [0.2, 0.25) is 0 Å². The number of anilines is 2. The van der Waals surface area contributed by atoms with Gasteiger partial charge in [-0.05, 0) is 56.4 Å². The zero-order valence-electron chi connectivity index (χ0n) is 19.4. The summed E-state index contributed by atoms with van der Waals surface area (Å²) in [5.74, 6) is 0.0478. The normalized spacial score (nSPS) is 16.2. The molecule has 0 spiro atoms. The average molecular weight is 502 g/mol. The van der Waals surface area contributed by atoms with Crippen molar-refractivity contribution in [2.75, 3.05) is 16.8 Å². The molecule has 1 aromatic heterocycles. The highest BCUT2D eigenvalue weighted by atomic mass is 32.1. The summed E-state index contributed by atoms with van der Waals surface area (Å²) in [6, 6.07) is 8.51. The quantitative estimate of drug-likeness (QED) is 0.422. The maximum atomic E-state index is 13.7. The lowest BCUT2D eigenvalue weighted by Gasteiger charge is -2.29. The molecule has 11 heteroatoms. The fraction of sp³-hybridized carbons (Fsp3) is 0.292. The first-order valence-corrected chi connectivity index (χ1v) is 11.2. The van der Waals surface area contributed by atoms with Gasteiger partial charge in [0, 0.05) is 30.9 Å². The van der Waals surface area contributed by atoms with Crippen LogP contribution in [0, 0.1) is 0 Å². The number of carbonyl (C=O) groups excluding carboxylic acids is 1. The fourth-order valence-electron chi connectivity index (χ4n) is 4.13. The Hall–Kier alpha value is -3.60. The number of aromatic nitrogens is 2. The first-order valence-electron chi connectivity index (χ1n) is 10.7. The van der Waals surface area contributed by atoms with Crippen molar-refractivity contribution in [2.45, 2.75) is 38.9 Å². The Morgan fingerprint density at radius 2 is 1.83 bits per heavy atom. The Kier molecular flexibility index (Phi) is 6.00. The van der Waals surface area contributed by atoms with Gasteiger partial charge in [-0.3, -0.25) is 19.5 Å². The molecular formula is C24H22F3N5O2S. The van der Waals surface area contributed by atoms with Crippen molar-refractivity contribution in [2.24, 2.45) is 4.99 Å². The number of fused-ring (bicyclic) bond motifs is 1. The Balaban J connectivity index is 1.82. The number of nitrogens with one attached hydrogen (secondary N) is 1. The second-order valence-corrected chi connectivity index (χ2v) is 8.91. The van der Waals surface area contributed by atoms with Crippen molar-refractivity contribution < 1.29 is 18.0 Å². The number of amides is 1. The number of benzene rings is 2. The molecule has 1 amide bonds. The number of nitrogens with zero attached hydrogens (tertiary/aromatic N) is 4. The van der Waals surface area contributed by atoms with Crippen LogP contribution in [0.15, 0.2) is 46.2 Å². The Morgan fingerprint density at radius 3 is 2.46 bits per heavy atom. The van der Waals surface area contributed by atoms with Gasteiger partial charge in [0.1, 0.15) is 11.4 Å². The number of aliphatic imine (C=N–C) groups is 1. The number of rotatable bonds is 4. The van der Waals surface area contributed by atoms with E-state index in [9.17, 15) is 22.8 Å². The molecule has 2 heterocycles. The number of aromatic amines is 1. The van der Waals surface area contributed by atoms with E-state index in [1.54, 1.807) is 32.0 Å². The summed E-state index contributed by atoms with van der Waals surface area (Å²) in [6.07, 6.45) is -2.99. The summed E-state index contributed by atoms with van der Waals surface area (Å²) >= 11 is 5.59. The number of H-pyrrole nitrogens is 1. The second kappa shape index (κ2) is 8.56. The number of aryl methyl sites for hydroxylation is 1. The SMILES string of the molecule is CCc1nc(=O)c2cc(N3C(=S)N(c4ccc(/C=N\C)c(C(F)(F)F)c4)C(=O)C3(C)C)ccc2[nH]1. The lowest BCUT2D eigenvalue weighted by molar-refractivity contribution is -0.137. The highest BCUT2D eigenvalue weighted by Gasteiger charge is 2.50. The van der Waals surface area contributed by atoms with Crippen LogP contribution in [0.5, 0.6) is 0 Å². The van der Waals surface area contributed by atoms with Gasteiger partial charge in [0.15, 0.2) is 5.11 Å². The van der Waals surface area contributed by atoms with E-state index in [0.29, 0.717) is 28.8 Å². The molecule has 0 saturated carbocycles. The van der Waals surface area contributed by atoms with Crippen molar-refractivity contribution in [3.63, 3.8) is 0 Å². The molecule has 4 rings (SSSR count). The summed E-state index contributed by atoms with van der Waals surface area (Å²) in [4.78, 5) is 39.4. The second-order valence-electron chi connectivity index (χ2n) is 8.55. The van der Waals surface area contributed by atoms with Gasteiger partial charge in [0.05, 0.1) is 22.2 Å². The minimum atomic E-state index is -4.66. The highest BCUT2D eigenvalue weighted by molar-refractivity contribution is 7.81. The predicted octanol–water partition coefficient (Wildman–Crippen LogP) is 4.47. The van der Waals surface area contributed by atoms with E-state index in [1.807, 2.05) is 6.92 Å². The first kappa shape index (κ1) is 24.5. The van der Waals surface area contributed by atoms with Crippen molar-refractivity contribution in [1.82, 2.24) is 9.97 Å². The van der Waals surface area contributed by atoms with Crippen LogP contribution in [0.4, 0.5) is 24.5 Å². The van der Waals surface area contributed by atoms with Crippen LogP contribution in [-0.4, -0.2) is 39.8 Å². The molecule has 0 unspecified atom stereocenters. The van der Waals surface area contributed by atoms with Crippen LogP contribution >= 0.6 is 12.2 Å². The van der Waals surface area contributed by atoms with Gasteiger partial charge < -0.3 is 9.88 Å². The minimum absolute atomic E-state index is 0.000973. The maximum absolute atomic E-state index is 13.7. The van der Waals surface area contributed by atoms with Crippen LogP contribution in [0.3, 0.4) is 0 Å². The van der Waals surface area contributed by atoms with Crippen LogP contribution in [0.1, 0.15) is 37.7 Å². The van der Waals surface area contributed by atoms with E-state index in [0.717, 1.165) is 17.2 Å². The standard InChI is InChI=1S/C24H22F3N5O2S/c1-5-19-29-18-9-8-15(10-16(18)20(33)30-19)32-22(35)31(21(34)23(32,2)3)14-7-6-13(12-28-4)17(11-14)24(25,26)27/h6-12H,5H2,1-4H3,(H,29,30,33)/b28-12-. The van der Waals surface area contributed by atoms with Crippen molar-refractivity contribution >= 4 is 51.7 Å². The lowest BCUT2D eigenvalue weighted by atomic mass is 10.0. The molecule has 7 nitrogen and oxygen atoms in total. The number of halogens is 3.